The molecule has 1 rings (SSSR count). The largest absolute Gasteiger partial charge is 0.469 e. The van der Waals surface area contributed by atoms with E-state index in [1.807, 2.05) is 6.07 Å². The second-order valence-corrected chi connectivity index (χ2v) is 8.34. The summed E-state index contributed by atoms with van der Waals surface area (Å²) in [5, 5.41) is 0. The Kier molecular flexibility index (Phi) is 7.57. The standard InChI is InChI=1S/C21H30O6/c1-20(2,3)26-18(23)16(19(24)27-21(4,5)6)13-15(17(22)25-7)14-11-9-8-10-12-14/h8-12,15-16H,13H2,1-7H3/t15-/m1/s1. The number of benzene rings is 1. The number of rotatable bonds is 6. The Labute approximate surface area is 161 Å². The van der Waals surface area contributed by atoms with Crippen molar-refractivity contribution in [2.75, 3.05) is 7.11 Å². The number of carbonyl (C=O) groups is 3. The van der Waals surface area contributed by atoms with Crippen LogP contribution in [0.1, 0.15) is 59.4 Å². The molecule has 0 unspecified atom stereocenters. The zero-order valence-electron chi connectivity index (χ0n) is 17.2. The molecule has 1 atom stereocenters. The van der Waals surface area contributed by atoms with Gasteiger partial charge < -0.3 is 14.2 Å². The summed E-state index contributed by atoms with van der Waals surface area (Å²) in [6.45, 7) is 10.3. The van der Waals surface area contributed by atoms with Gasteiger partial charge >= 0.3 is 17.9 Å². The molecule has 6 nitrogen and oxygen atoms in total. The van der Waals surface area contributed by atoms with Gasteiger partial charge in [0.15, 0.2) is 5.92 Å². The van der Waals surface area contributed by atoms with Crippen molar-refractivity contribution in [2.45, 2.75) is 65.1 Å². The normalized spacial score (nSPS) is 13.0. The average molecular weight is 378 g/mol. The molecule has 0 spiro atoms. The maximum absolute atomic E-state index is 12.7. The van der Waals surface area contributed by atoms with E-state index in [4.69, 9.17) is 14.2 Å². The predicted octanol–water partition coefficient (Wildman–Crippen LogP) is 3.63. The molecule has 0 fully saturated rings. The van der Waals surface area contributed by atoms with E-state index >= 15 is 0 Å². The van der Waals surface area contributed by atoms with Gasteiger partial charge in [-0.25, -0.2) is 0 Å². The number of ether oxygens (including phenoxy) is 3. The molecule has 0 N–H and O–H groups in total. The zero-order chi connectivity index (χ0) is 20.8. The van der Waals surface area contributed by atoms with Crippen molar-refractivity contribution in [3.8, 4) is 0 Å². The van der Waals surface area contributed by atoms with Crippen LogP contribution in [0.15, 0.2) is 30.3 Å². The first kappa shape index (κ1) is 22.7. The van der Waals surface area contributed by atoms with E-state index in [2.05, 4.69) is 0 Å². The van der Waals surface area contributed by atoms with Crippen molar-refractivity contribution < 1.29 is 28.6 Å². The summed E-state index contributed by atoms with van der Waals surface area (Å²) in [4.78, 5) is 37.7. The van der Waals surface area contributed by atoms with Gasteiger partial charge in [-0.2, -0.15) is 0 Å². The van der Waals surface area contributed by atoms with E-state index in [9.17, 15) is 14.4 Å². The molecule has 0 heterocycles. The summed E-state index contributed by atoms with van der Waals surface area (Å²) in [5.74, 6) is -4.00. The van der Waals surface area contributed by atoms with E-state index in [1.165, 1.54) is 7.11 Å². The Morgan fingerprint density at radius 1 is 0.815 bits per heavy atom. The summed E-state index contributed by atoms with van der Waals surface area (Å²) in [7, 11) is 1.27. The fourth-order valence-electron chi connectivity index (χ4n) is 2.47. The molecule has 0 aliphatic rings. The molecule has 0 amide bonds. The number of esters is 3. The molecule has 0 aromatic heterocycles. The lowest BCUT2D eigenvalue weighted by Crippen LogP contribution is -2.38. The lowest BCUT2D eigenvalue weighted by molar-refractivity contribution is -0.175. The number of hydrogen-bond acceptors (Lipinski definition) is 6. The molecular formula is C21H30O6. The van der Waals surface area contributed by atoms with Crippen molar-refractivity contribution in [2.24, 2.45) is 5.92 Å². The van der Waals surface area contributed by atoms with Crippen LogP contribution in [-0.2, 0) is 28.6 Å². The fraction of sp³-hybridized carbons (Fsp3) is 0.571. The van der Waals surface area contributed by atoms with Gasteiger partial charge in [-0.3, -0.25) is 14.4 Å². The van der Waals surface area contributed by atoms with Crippen molar-refractivity contribution >= 4 is 17.9 Å². The van der Waals surface area contributed by atoms with Crippen molar-refractivity contribution in [3.63, 3.8) is 0 Å². The Hall–Kier alpha value is -2.37. The summed E-state index contributed by atoms with van der Waals surface area (Å²) >= 11 is 0. The van der Waals surface area contributed by atoms with Gasteiger partial charge in [0.25, 0.3) is 0 Å². The smallest absolute Gasteiger partial charge is 0.320 e. The van der Waals surface area contributed by atoms with Crippen molar-refractivity contribution in [1.29, 1.82) is 0 Å². The molecule has 27 heavy (non-hydrogen) atoms. The van der Waals surface area contributed by atoms with E-state index in [0.717, 1.165) is 0 Å². The van der Waals surface area contributed by atoms with Gasteiger partial charge in [-0.05, 0) is 53.5 Å². The van der Waals surface area contributed by atoms with Gasteiger partial charge in [0.1, 0.15) is 11.2 Å². The lowest BCUT2D eigenvalue weighted by atomic mass is 9.88. The van der Waals surface area contributed by atoms with E-state index in [1.54, 1.807) is 65.8 Å². The monoisotopic (exact) mass is 378 g/mol. The second-order valence-electron chi connectivity index (χ2n) is 8.34. The van der Waals surface area contributed by atoms with E-state index in [0.29, 0.717) is 5.56 Å². The lowest BCUT2D eigenvalue weighted by Gasteiger charge is -2.27. The molecule has 150 valence electrons. The first-order valence-electron chi connectivity index (χ1n) is 8.92. The molecule has 0 aliphatic heterocycles. The topological polar surface area (TPSA) is 78.9 Å². The molecule has 0 saturated heterocycles. The van der Waals surface area contributed by atoms with Crippen LogP contribution in [0.3, 0.4) is 0 Å². The highest BCUT2D eigenvalue weighted by Crippen LogP contribution is 2.29. The number of methoxy groups -OCH3 is 1. The third-order valence-electron chi connectivity index (χ3n) is 3.54. The molecular weight excluding hydrogens is 348 g/mol. The highest BCUT2D eigenvalue weighted by atomic mass is 16.6. The zero-order valence-corrected chi connectivity index (χ0v) is 17.2. The van der Waals surface area contributed by atoms with Crippen LogP contribution in [0.4, 0.5) is 0 Å². The quantitative estimate of drug-likeness (QED) is 0.427. The molecule has 1 aromatic rings. The van der Waals surface area contributed by atoms with Crippen LogP contribution in [0.5, 0.6) is 0 Å². The highest BCUT2D eigenvalue weighted by Gasteiger charge is 2.39. The molecule has 0 bridgehead atoms. The van der Waals surface area contributed by atoms with Crippen LogP contribution < -0.4 is 0 Å². The van der Waals surface area contributed by atoms with Crippen LogP contribution in [-0.4, -0.2) is 36.2 Å². The van der Waals surface area contributed by atoms with Gasteiger partial charge in [0, 0.05) is 0 Å². The maximum Gasteiger partial charge on any atom is 0.320 e. The summed E-state index contributed by atoms with van der Waals surface area (Å²) in [6, 6.07) is 8.88. The Morgan fingerprint density at radius 2 is 1.26 bits per heavy atom. The maximum atomic E-state index is 12.7. The SMILES string of the molecule is COC(=O)[C@H](CC(C(=O)OC(C)(C)C)C(=O)OC(C)(C)C)c1ccccc1. The third-order valence-corrected chi connectivity index (χ3v) is 3.54. The summed E-state index contributed by atoms with van der Waals surface area (Å²) in [6.07, 6.45) is -0.0967. The Morgan fingerprint density at radius 3 is 1.63 bits per heavy atom. The minimum Gasteiger partial charge on any atom is -0.469 e. The second kappa shape index (κ2) is 9.02. The summed E-state index contributed by atoms with van der Waals surface area (Å²) in [5.41, 5.74) is -0.892. The highest BCUT2D eigenvalue weighted by molar-refractivity contribution is 5.96. The predicted molar refractivity (Wildman–Crippen MR) is 101 cm³/mol. The third kappa shape index (κ3) is 7.81. The minimum atomic E-state index is -1.24. The van der Waals surface area contributed by atoms with Gasteiger partial charge in [0.2, 0.25) is 0 Å². The average Bonchev–Trinajstić information content (AvgIpc) is 2.52. The van der Waals surface area contributed by atoms with Crippen molar-refractivity contribution in [3.05, 3.63) is 35.9 Å². The first-order valence-corrected chi connectivity index (χ1v) is 8.92. The van der Waals surface area contributed by atoms with Crippen LogP contribution >= 0.6 is 0 Å². The van der Waals surface area contributed by atoms with Gasteiger partial charge in [-0.15, -0.1) is 0 Å². The van der Waals surface area contributed by atoms with Crippen LogP contribution in [0.25, 0.3) is 0 Å². The van der Waals surface area contributed by atoms with Crippen molar-refractivity contribution in [1.82, 2.24) is 0 Å². The molecule has 0 saturated carbocycles. The minimum absolute atomic E-state index is 0.0967. The number of carbonyl (C=O) groups excluding carboxylic acids is 3. The van der Waals surface area contributed by atoms with Gasteiger partial charge in [-0.1, -0.05) is 30.3 Å². The molecule has 1 aromatic carbocycles. The first-order chi connectivity index (χ1) is 12.3. The van der Waals surface area contributed by atoms with E-state index < -0.39 is 40.9 Å². The fourth-order valence-corrected chi connectivity index (χ4v) is 2.47. The Bertz CT molecular complexity index is 623. The molecule has 0 aliphatic carbocycles. The van der Waals surface area contributed by atoms with Crippen LogP contribution in [0, 0.1) is 5.92 Å². The molecule has 0 radical (unpaired) electrons. The van der Waals surface area contributed by atoms with E-state index in [-0.39, 0.29) is 6.42 Å². The number of hydrogen-bond donors (Lipinski definition) is 0. The molecule has 6 heteroatoms. The summed E-state index contributed by atoms with van der Waals surface area (Å²) < 4.78 is 15.7. The van der Waals surface area contributed by atoms with Crippen LogP contribution in [0.2, 0.25) is 0 Å². The van der Waals surface area contributed by atoms with Gasteiger partial charge in [0.05, 0.1) is 13.0 Å². The Balaban J connectivity index is 3.20.